The Morgan fingerprint density at radius 3 is 3.10 bits per heavy atom. The number of piperidine rings is 1. The van der Waals surface area contributed by atoms with Gasteiger partial charge in [-0.1, -0.05) is 0 Å². The zero-order valence-electron chi connectivity index (χ0n) is 11.8. The van der Waals surface area contributed by atoms with Crippen LogP contribution in [0.25, 0.3) is 0 Å². The van der Waals surface area contributed by atoms with Crippen molar-refractivity contribution in [2.24, 2.45) is 11.3 Å². The minimum atomic E-state index is 0.208. The molecule has 1 aliphatic carbocycles. The lowest BCUT2D eigenvalue weighted by Crippen LogP contribution is -2.32. The smallest absolute Gasteiger partial charge is 0.229 e. The summed E-state index contributed by atoms with van der Waals surface area (Å²) in [5.74, 6) is 2.46. The minimum Gasteiger partial charge on any atom is -0.317 e. The molecule has 3 heterocycles. The highest BCUT2D eigenvalue weighted by Crippen LogP contribution is 2.58. The summed E-state index contributed by atoms with van der Waals surface area (Å²) in [6.45, 7) is 3.11. The fraction of sp³-hybridized carbons (Fsp3) is 0.733. The first-order valence-corrected chi connectivity index (χ1v) is 7.84. The maximum Gasteiger partial charge on any atom is 0.229 e. The van der Waals surface area contributed by atoms with Crippen molar-refractivity contribution >= 4 is 11.7 Å². The maximum atomic E-state index is 12.5. The minimum absolute atomic E-state index is 0.208. The molecule has 20 heavy (non-hydrogen) atoms. The van der Waals surface area contributed by atoms with Gasteiger partial charge in [0.1, 0.15) is 11.6 Å². The second kappa shape index (κ2) is 4.58. The van der Waals surface area contributed by atoms with Gasteiger partial charge in [-0.15, -0.1) is 0 Å². The summed E-state index contributed by atoms with van der Waals surface area (Å²) < 4.78 is 2.18. The zero-order valence-corrected chi connectivity index (χ0v) is 11.8. The Morgan fingerprint density at radius 2 is 2.25 bits per heavy atom. The molecule has 5 nitrogen and oxygen atoms in total. The summed E-state index contributed by atoms with van der Waals surface area (Å²) in [4.78, 5) is 16.9. The Kier molecular flexibility index (Phi) is 2.84. The number of hydrogen-bond acceptors (Lipinski definition) is 3. The third-order valence-corrected chi connectivity index (χ3v) is 5.33. The predicted molar refractivity (Wildman–Crippen MR) is 76.4 cm³/mol. The first kappa shape index (κ1) is 12.4. The molecule has 1 aromatic rings. The van der Waals surface area contributed by atoms with Crippen LogP contribution >= 0.6 is 0 Å². The van der Waals surface area contributed by atoms with Crippen molar-refractivity contribution in [3.8, 4) is 0 Å². The monoisotopic (exact) mass is 274 g/mol. The number of nitrogens with one attached hydrogen (secondary N) is 2. The highest BCUT2D eigenvalue weighted by molar-refractivity contribution is 5.94. The lowest BCUT2D eigenvalue weighted by atomic mass is 9.92. The summed E-state index contributed by atoms with van der Waals surface area (Å²) in [5, 5.41) is 6.51. The van der Waals surface area contributed by atoms with Crippen molar-refractivity contribution in [2.45, 2.75) is 45.1 Å². The molecule has 5 heteroatoms. The average Bonchev–Trinajstić information content (AvgIpc) is 3.02. The number of aromatic nitrogens is 2. The Labute approximate surface area is 119 Å². The standard InChI is InChI=1S/C15H22N4O/c20-14(11-9-15(11)4-6-16-7-5-15)18-13-10-17-12-3-1-2-8-19(12)13/h10-11,16H,1-9H2,(H,18,20)/t11-/m0/s1. The fourth-order valence-corrected chi connectivity index (χ4v) is 3.92. The quantitative estimate of drug-likeness (QED) is 0.860. The second-order valence-corrected chi connectivity index (χ2v) is 6.53. The summed E-state index contributed by atoms with van der Waals surface area (Å²) in [5.41, 5.74) is 0.306. The molecule has 0 radical (unpaired) electrons. The number of carbonyl (C=O) groups is 1. The molecule has 1 amide bonds. The Bertz CT molecular complexity index is 530. The molecule has 1 saturated carbocycles. The first-order chi connectivity index (χ1) is 9.78. The van der Waals surface area contributed by atoms with Crippen LogP contribution in [0.5, 0.6) is 0 Å². The molecule has 1 aromatic heterocycles. The summed E-state index contributed by atoms with van der Waals surface area (Å²) in [6.07, 6.45) is 8.63. The van der Waals surface area contributed by atoms with E-state index in [1.165, 1.54) is 12.8 Å². The van der Waals surface area contributed by atoms with E-state index in [4.69, 9.17) is 0 Å². The van der Waals surface area contributed by atoms with Gasteiger partial charge in [-0.05, 0) is 50.6 Å². The van der Waals surface area contributed by atoms with E-state index in [1.54, 1.807) is 0 Å². The number of nitrogens with zero attached hydrogens (tertiary/aromatic N) is 2. The van der Waals surface area contributed by atoms with Crippen molar-refractivity contribution in [1.82, 2.24) is 14.9 Å². The molecule has 1 atom stereocenters. The Hall–Kier alpha value is -1.36. The molecule has 2 aliphatic heterocycles. The first-order valence-electron chi connectivity index (χ1n) is 7.84. The third kappa shape index (κ3) is 1.95. The summed E-state index contributed by atoms with van der Waals surface area (Å²) >= 11 is 0. The molecule has 1 saturated heterocycles. The lowest BCUT2D eigenvalue weighted by molar-refractivity contribution is -0.118. The van der Waals surface area contributed by atoms with E-state index in [-0.39, 0.29) is 11.8 Å². The number of aryl methyl sites for hydroxylation is 1. The van der Waals surface area contributed by atoms with Crippen LogP contribution in [0, 0.1) is 11.3 Å². The van der Waals surface area contributed by atoms with E-state index >= 15 is 0 Å². The van der Waals surface area contributed by atoms with Gasteiger partial charge >= 0.3 is 0 Å². The van der Waals surface area contributed by atoms with Gasteiger partial charge in [0.05, 0.1) is 6.20 Å². The number of fused-ring (bicyclic) bond motifs is 1. The van der Waals surface area contributed by atoms with Crippen molar-refractivity contribution < 1.29 is 4.79 Å². The van der Waals surface area contributed by atoms with Crippen molar-refractivity contribution in [1.29, 1.82) is 0 Å². The molecular weight excluding hydrogens is 252 g/mol. The third-order valence-electron chi connectivity index (χ3n) is 5.33. The molecule has 0 bridgehead atoms. The highest BCUT2D eigenvalue weighted by atomic mass is 16.2. The van der Waals surface area contributed by atoms with Crippen LogP contribution in [0.4, 0.5) is 5.82 Å². The van der Waals surface area contributed by atoms with Crippen molar-refractivity contribution in [3.05, 3.63) is 12.0 Å². The van der Waals surface area contributed by atoms with Crippen LogP contribution in [0.1, 0.15) is 37.9 Å². The topological polar surface area (TPSA) is 59.0 Å². The molecule has 108 valence electrons. The number of rotatable bonds is 2. The van der Waals surface area contributed by atoms with E-state index in [1.807, 2.05) is 6.20 Å². The van der Waals surface area contributed by atoms with Crippen molar-refractivity contribution in [3.63, 3.8) is 0 Å². The van der Waals surface area contributed by atoms with Crippen LogP contribution in [0.15, 0.2) is 6.20 Å². The SMILES string of the molecule is O=C(Nc1cnc2n1CCCC2)[C@@H]1CC12CCNCC2. The molecule has 0 unspecified atom stereocenters. The number of carbonyl (C=O) groups excluding carboxylic acids is 1. The molecule has 3 aliphatic rings. The van der Waals surface area contributed by atoms with E-state index in [0.717, 1.165) is 57.0 Å². The van der Waals surface area contributed by atoms with Crippen molar-refractivity contribution in [2.75, 3.05) is 18.4 Å². The Balaban J connectivity index is 1.45. The highest BCUT2D eigenvalue weighted by Gasteiger charge is 2.57. The van der Waals surface area contributed by atoms with Crippen LogP contribution < -0.4 is 10.6 Å². The summed E-state index contributed by atoms with van der Waals surface area (Å²) in [7, 11) is 0. The van der Waals surface area contributed by atoms with Gasteiger partial charge < -0.3 is 15.2 Å². The zero-order chi connectivity index (χ0) is 13.6. The van der Waals surface area contributed by atoms with Crippen LogP contribution in [-0.4, -0.2) is 28.5 Å². The average molecular weight is 274 g/mol. The maximum absolute atomic E-state index is 12.5. The number of anilines is 1. The number of imidazole rings is 1. The van der Waals surface area contributed by atoms with Gasteiger partial charge in [-0.3, -0.25) is 4.79 Å². The van der Waals surface area contributed by atoms with Gasteiger partial charge in [-0.2, -0.15) is 0 Å². The Morgan fingerprint density at radius 1 is 1.40 bits per heavy atom. The molecule has 2 N–H and O–H groups in total. The van der Waals surface area contributed by atoms with Gasteiger partial charge in [-0.25, -0.2) is 4.98 Å². The molecule has 2 fully saturated rings. The van der Waals surface area contributed by atoms with E-state index in [9.17, 15) is 4.79 Å². The second-order valence-electron chi connectivity index (χ2n) is 6.53. The van der Waals surface area contributed by atoms with E-state index in [0.29, 0.717) is 5.41 Å². The summed E-state index contributed by atoms with van der Waals surface area (Å²) in [6, 6.07) is 0. The molecule has 0 aromatic carbocycles. The largest absolute Gasteiger partial charge is 0.317 e. The van der Waals surface area contributed by atoms with Crippen LogP contribution in [0.3, 0.4) is 0 Å². The number of amides is 1. The van der Waals surface area contributed by atoms with Gasteiger partial charge in [0, 0.05) is 18.9 Å². The van der Waals surface area contributed by atoms with E-state index < -0.39 is 0 Å². The normalized spacial score (nSPS) is 27.1. The van der Waals surface area contributed by atoms with Crippen LogP contribution in [-0.2, 0) is 17.8 Å². The predicted octanol–water partition coefficient (Wildman–Crippen LogP) is 1.55. The van der Waals surface area contributed by atoms with Gasteiger partial charge in [0.2, 0.25) is 5.91 Å². The molecule has 4 rings (SSSR count). The molecular formula is C15H22N4O. The fourth-order valence-electron chi connectivity index (χ4n) is 3.92. The van der Waals surface area contributed by atoms with Gasteiger partial charge in [0.15, 0.2) is 0 Å². The molecule has 1 spiro atoms. The lowest BCUT2D eigenvalue weighted by Gasteiger charge is -2.23. The van der Waals surface area contributed by atoms with E-state index in [2.05, 4.69) is 20.2 Å². The van der Waals surface area contributed by atoms with Crippen LogP contribution in [0.2, 0.25) is 0 Å². The number of hydrogen-bond donors (Lipinski definition) is 2. The van der Waals surface area contributed by atoms with Gasteiger partial charge in [0.25, 0.3) is 0 Å².